The van der Waals surface area contributed by atoms with Crippen LogP contribution in [0, 0.1) is 6.92 Å². The van der Waals surface area contributed by atoms with Crippen molar-refractivity contribution in [1.82, 2.24) is 20.3 Å². The van der Waals surface area contributed by atoms with E-state index in [4.69, 9.17) is 4.42 Å². The summed E-state index contributed by atoms with van der Waals surface area (Å²) in [5, 5.41) is 10.2. The Hall–Kier alpha value is -3.65. The Bertz CT molecular complexity index is 1270. The number of oxazole rings is 1. The van der Waals surface area contributed by atoms with Crippen LogP contribution in [-0.2, 0) is 0 Å². The number of rotatable bonds is 7. The van der Waals surface area contributed by atoms with Crippen molar-refractivity contribution in [2.45, 2.75) is 38.8 Å². The Balaban J connectivity index is 1.31. The van der Waals surface area contributed by atoms with Crippen molar-refractivity contribution in [1.29, 1.82) is 0 Å². The van der Waals surface area contributed by atoms with Gasteiger partial charge in [0, 0.05) is 35.2 Å². The maximum Gasteiger partial charge on any atom is 0.417 e. The quantitative estimate of drug-likeness (QED) is 0.351. The minimum Gasteiger partial charge on any atom is -0.408 e. The van der Waals surface area contributed by atoms with Crippen LogP contribution in [0.3, 0.4) is 0 Å². The lowest BCUT2D eigenvalue weighted by atomic mass is 10.1. The standard InChI is InChI=1S/C23H24N6O2/c1-13-12-24-22(27-17-5-3-15(4-6-17)14(2)25-16-7-8-16)29-21(13)26-18-9-10-20-19(11-18)28-23(30)31-20/h3-6,9-12,14,16,25H,7-8H2,1-2H3,(H,28,30)(H2,24,26,27,29). The highest BCUT2D eigenvalue weighted by Gasteiger charge is 2.23. The van der Waals surface area contributed by atoms with E-state index in [1.807, 2.05) is 31.2 Å². The van der Waals surface area contributed by atoms with E-state index in [2.05, 4.69) is 50.0 Å². The van der Waals surface area contributed by atoms with E-state index in [1.165, 1.54) is 18.4 Å². The zero-order valence-electron chi connectivity index (χ0n) is 17.4. The van der Waals surface area contributed by atoms with Crippen molar-refractivity contribution in [3.8, 4) is 0 Å². The summed E-state index contributed by atoms with van der Waals surface area (Å²) in [5.41, 5.74) is 5.03. The number of fused-ring (bicyclic) bond motifs is 1. The summed E-state index contributed by atoms with van der Waals surface area (Å²) < 4.78 is 5.05. The molecule has 4 aromatic rings. The molecule has 0 saturated heterocycles. The number of aromatic amines is 1. The fourth-order valence-electron chi connectivity index (χ4n) is 3.48. The fourth-order valence-corrected chi connectivity index (χ4v) is 3.48. The molecule has 0 amide bonds. The molecule has 2 heterocycles. The largest absolute Gasteiger partial charge is 0.417 e. The molecule has 0 bridgehead atoms. The monoisotopic (exact) mass is 416 g/mol. The van der Waals surface area contributed by atoms with Gasteiger partial charge < -0.3 is 20.4 Å². The summed E-state index contributed by atoms with van der Waals surface area (Å²) in [7, 11) is 0. The van der Waals surface area contributed by atoms with E-state index in [9.17, 15) is 4.79 Å². The first-order valence-electron chi connectivity index (χ1n) is 10.4. The van der Waals surface area contributed by atoms with Gasteiger partial charge in [0.05, 0.1) is 5.52 Å². The first-order chi connectivity index (χ1) is 15.0. The van der Waals surface area contributed by atoms with Crippen LogP contribution in [-0.4, -0.2) is 21.0 Å². The van der Waals surface area contributed by atoms with Gasteiger partial charge in [-0.1, -0.05) is 12.1 Å². The molecule has 1 unspecified atom stereocenters. The van der Waals surface area contributed by atoms with Crippen molar-refractivity contribution in [3.05, 3.63) is 70.3 Å². The molecule has 4 N–H and O–H groups in total. The smallest absolute Gasteiger partial charge is 0.408 e. The van der Waals surface area contributed by atoms with Crippen LogP contribution in [0.2, 0.25) is 0 Å². The van der Waals surface area contributed by atoms with Gasteiger partial charge in [-0.25, -0.2) is 9.78 Å². The highest BCUT2D eigenvalue weighted by Crippen LogP contribution is 2.26. The summed E-state index contributed by atoms with van der Waals surface area (Å²) in [6.07, 6.45) is 4.32. The topological polar surface area (TPSA) is 108 Å². The molecule has 0 radical (unpaired) electrons. The number of nitrogens with one attached hydrogen (secondary N) is 4. The van der Waals surface area contributed by atoms with Crippen LogP contribution < -0.4 is 21.7 Å². The zero-order chi connectivity index (χ0) is 21.4. The number of nitrogens with zero attached hydrogens (tertiary/aromatic N) is 2. The summed E-state index contributed by atoms with van der Waals surface area (Å²) >= 11 is 0. The molecule has 8 nitrogen and oxygen atoms in total. The molecule has 158 valence electrons. The van der Waals surface area contributed by atoms with Crippen molar-refractivity contribution < 1.29 is 4.42 Å². The second-order valence-electron chi connectivity index (χ2n) is 7.99. The molecule has 0 spiro atoms. The lowest BCUT2D eigenvalue weighted by Gasteiger charge is -2.15. The second-order valence-corrected chi connectivity index (χ2v) is 7.99. The van der Waals surface area contributed by atoms with E-state index >= 15 is 0 Å². The normalized spacial score (nSPS) is 14.5. The molecule has 1 fully saturated rings. The first-order valence-corrected chi connectivity index (χ1v) is 10.4. The lowest BCUT2D eigenvalue weighted by molar-refractivity contribution is 0.555. The molecule has 1 aliphatic carbocycles. The number of aromatic nitrogens is 3. The van der Waals surface area contributed by atoms with Gasteiger partial charge in [0.2, 0.25) is 5.95 Å². The molecular weight excluding hydrogens is 392 g/mol. The van der Waals surface area contributed by atoms with Gasteiger partial charge in [0.25, 0.3) is 0 Å². The van der Waals surface area contributed by atoms with Gasteiger partial charge in [-0.15, -0.1) is 0 Å². The molecule has 31 heavy (non-hydrogen) atoms. The van der Waals surface area contributed by atoms with Gasteiger partial charge >= 0.3 is 5.76 Å². The molecule has 1 saturated carbocycles. The highest BCUT2D eigenvalue weighted by atomic mass is 16.4. The first kappa shape index (κ1) is 19.3. The molecular formula is C23H24N6O2. The average molecular weight is 416 g/mol. The maximum atomic E-state index is 11.4. The Kier molecular flexibility index (Phi) is 4.91. The maximum absolute atomic E-state index is 11.4. The van der Waals surface area contributed by atoms with E-state index in [1.54, 1.807) is 12.3 Å². The summed E-state index contributed by atoms with van der Waals surface area (Å²) in [4.78, 5) is 23.0. The number of hydrogen-bond acceptors (Lipinski definition) is 7. The number of hydrogen-bond donors (Lipinski definition) is 4. The number of anilines is 4. The molecule has 2 aromatic heterocycles. The third-order valence-corrected chi connectivity index (χ3v) is 5.38. The number of benzene rings is 2. The molecule has 0 aliphatic heterocycles. The van der Waals surface area contributed by atoms with Gasteiger partial charge in [0.1, 0.15) is 5.82 Å². The van der Waals surface area contributed by atoms with Gasteiger partial charge in [-0.2, -0.15) is 4.98 Å². The molecule has 8 heteroatoms. The summed E-state index contributed by atoms with van der Waals surface area (Å²) in [6, 6.07) is 14.7. The van der Waals surface area contributed by atoms with Crippen molar-refractivity contribution >= 4 is 34.2 Å². The Morgan fingerprint density at radius 2 is 1.87 bits per heavy atom. The SMILES string of the molecule is Cc1cnc(Nc2ccc(C(C)NC3CC3)cc2)nc1Nc1ccc2oc(=O)[nH]c2c1. The zero-order valence-corrected chi connectivity index (χ0v) is 17.4. The third kappa shape index (κ3) is 4.44. The summed E-state index contributed by atoms with van der Waals surface area (Å²) in [5.74, 6) is 0.713. The molecule has 1 aliphatic rings. The van der Waals surface area contributed by atoms with Crippen LogP contribution in [0.25, 0.3) is 11.1 Å². The van der Waals surface area contributed by atoms with Crippen molar-refractivity contribution in [3.63, 3.8) is 0 Å². The number of H-pyrrole nitrogens is 1. The predicted molar refractivity (Wildman–Crippen MR) is 121 cm³/mol. The van der Waals surface area contributed by atoms with Gasteiger partial charge in [-0.05, 0) is 62.6 Å². The summed E-state index contributed by atoms with van der Waals surface area (Å²) in [6.45, 7) is 4.13. The molecule has 5 rings (SSSR count). The molecule has 1 atom stereocenters. The Morgan fingerprint density at radius 3 is 2.65 bits per heavy atom. The average Bonchev–Trinajstić information content (AvgIpc) is 3.49. The lowest BCUT2D eigenvalue weighted by Crippen LogP contribution is -2.20. The second kappa shape index (κ2) is 7.88. The van der Waals surface area contributed by atoms with Crippen LogP contribution in [0.5, 0.6) is 0 Å². The van der Waals surface area contributed by atoms with E-state index < -0.39 is 5.76 Å². The van der Waals surface area contributed by atoms with E-state index in [0.717, 1.165) is 16.9 Å². The Morgan fingerprint density at radius 1 is 1.10 bits per heavy atom. The minimum atomic E-state index is -0.472. The third-order valence-electron chi connectivity index (χ3n) is 5.38. The van der Waals surface area contributed by atoms with E-state index in [0.29, 0.717) is 34.9 Å². The molecule has 2 aromatic carbocycles. The minimum absolute atomic E-state index is 0.343. The fraction of sp³-hybridized carbons (Fsp3) is 0.261. The highest BCUT2D eigenvalue weighted by molar-refractivity contribution is 5.78. The Labute approximate surface area is 179 Å². The van der Waals surface area contributed by atoms with Crippen LogP contribution in [0.15, 0.2) is 57.9 Å². The van der Waals surface area contributed by atoms with Crippen LogP contribution in [0.1, 0.15) is 36.9 Å². The van der Waals surface area contributed by atoms with E-state index in [-0.39, 0.29) is 0 Å². The van der Waals surface area contributed by atoms with Crippen LogP contribution >= 0.6 is 0 Å². The van der Waals surface area contributed by atoms with Gasteiger partial charge in [0.15, 0.2) is 5.58 Å². The predicted octanol–water partition coefficient (Wildman–Crippen LogP) is 4.52. The van der Waals surface area contributed by atoms with Crippen molar-refractivity contribution in [2.75, 3.05) is 10.6 Å². The number of aryl methyl sites for hydroxylation is 1. The van der Waals surface area contributed by atoms with Crippen LogP contribution in [0.4, 0.5) is 23.1 Å². The van der Waals surface area contributed by atoms with Gasteiger partial charge in [-0.3, -0.25) is 4.98 Å². The van der Waals surface area contributed by atoms with Crippen molar-refractivity contribution in [2.24, 2.45) is 0 Å².